The lowest BCUT2D eigenvalue weighted by Gasteiger charge is -2.44. The molecule has 0 atom stereocenters. The minimum atomic E-state index is -4.00. The summed E-state index contributed by atoms with van der Waals surface area (Å²) in [5, 5.41) is 1.26. The molecule has 0 radical (unpaired) electrons. The van der Waals surface area contributed by atoms with E-state index in [-0.39, 0.29) is 23.0 Å². The van der Waals surface area contributed by atoms with Crippen molar-refractivity contribution in [3.05, 3.63) is 115 Å². The minimum absolute atomic E-state index is 0.139. The van der Waals surface area contributed by atoms with Gasteiger partial charge in [-0.05, 0) is 129 Å². The fourth-order valence-corrected chi connectivity index (χ4v) is 11.1. The number of aryl methyl sites for hydroxylation is 1. The van der Waals surface area contributed by atoms with Gasteiger partial charge in [-0.3, -0.25) is 9.80 Å². The van der Waals surface area contributed by atoms with E-state index in [1.165, 1.54) is 20.3 Å². The standard InChI is InChI=1S/C37H36Br4N4O6S2/c1-24-6-15-36(31(41)18-24)53(48,49)45-22-35(30-20-27(40)10-14-33(30)45)51-23-37(42(2)3,43(4)5)16-17-50-34-21-44(32-13-9-26(39)19-29(32)34)52(46,47)28-11-7-25(38)8-12-28/h6-15,18-22H,16-17,23H2,1-5H3. The predicted molar refractivity (Wildman–Crippen MR) is 223 cm³/mol. The van der Waals surface area contributed by atoms with Gasteiger partial charge in [0.05, 0.1) is 34.9 Å². The third kappa shape index (κ3) is 7.75. The van der Waals surface area contributed by atoms with Gasteiger partial charge in [-0.2, -0.15) is 0 Å². The smallest absolute Gasteiger partial charge is 0.269 e. The summed E-state index contributed by atoms with van der Waals surface area (Å²) in [4.78, 5) is 4.35. The molecule has 280 valence electrons. The van der Waals surface area contributed by atoms with Crippen LogP contribution in [-0.4, -0.2) is 81.6 Å². The van der Waals surface area contributed by atoms with Crippen LogP contribution < -0.4 is 9.47 Å². The average Bonchev–Trinajstić information content (AvgIpc) is 3.64. The van der Waals surface area contributed by atoms with Gasteiger partial charge in [-0.25, -0.2) is 24.8 Å². The highest BCUT2D eigenvalue weighted by atomic mass is 79.9. The normalized spacial score (nSPS) is 12.7. The van der Waals surface area contributed by atoms with Gasteiger partial charge in [0.2, 0.25) is 0 Å². The number of likely N-dealkylation sites (N-methyl/N-ethyl adjacent to an activating group) is 2. The number of hydrogen-bond donors (Lipinski definition) is 0. The molecule has 2 aromatic heterocycles. The fraction of sp³-hybridized carbons (Fsp3) is 0.243. The lowest BCUT2D eigenvalue weighted by atomic mass is 10.0. The van der Waals surface area contributed by atoms with Gasteiger partial charge >= 0.3 is 0 Å². The average molecular weight is 1020 g/mol. The van der Waals surface area contributed by atoms with Gasteiger partial charge in [-0.1, -0.05) is 53.9 Å². The van der Waals surface area contributed by atoms with E-state index in [1.54, 1.807) is 66.7 Å². The van der Waals surface area contributed by atoms with Gasteiger partial charge in [0.1, 0.15) is 28.7 Å². The Bertz CT molecular complexity index is 2540. The molecule has 0 aliphatic carbocycles. The van der Waals surface area contributed by atoms with Crippen LogP contribution in [0.4, 0.5) is 0 Å². The van der Waals surface area contributed by atoms with E-state index < -0.39 is 25.7 Å². The Morgan fingerprint density at radius 3 is 1.68 bits per heavy atom. The van der Waals surface area contributed by atoms with Crippen molar-refractivity contribution < 1.29 is 26.3 Å². The zero-order chi connectivity index (χ0) is 38.5. The maximum Gasteiger partial charge on any atom is 0.269 e. The van der Waals surface area contributed by atoms with E-state index in [0.29, 0.717) is 44.2 Å². The molecule has 0 saturated heterocycles. The quantitative estimate of drug-likeness (QED) is 0.106. The van der Waals surface area contributed by atoms with Gasteiger partial charge in [0.25, 0.3) is 20.0 Å². The number of benzene rings is 4. The highest BCUT2D eigenvalue weighted by Crippen LogP contribution is 2.37. The topological polar surface area (TPSA) is 103 Å². The monoisotopic (exact) mass is 1010 g/mol. The summed E-state index contributed by atoms with van der Waals surface area (Å²) in [6.07, 6.45) is 3.46. The lowest BCUT2D eigenvalue weighted by Crippen LogP contribution is -2.59. The summed E-state index contributed by atoms with van der Waals surface area (Å²) in [6, 6.07) is 22.4. The number of nitrogens with zero attached hydrogens (tertiary/aromatic N) is 4. The molecule has 0 aliphatic rings. The van der Waals surface area contributed by atoms with Crippen molar-refractivity contribution in [1.82, 2.24) is 17.7 Å². The van der Waals surface area contributed by atoms with Crippen LogP contribution in [0.15, 0.2) is 119 Å². The van der Waals surface area contributed by atoms with E-state index >= 15 is 0 Å². The second-order valence-electron chi connectivity index (χ2n) is 13.0. The number of hydrogen-bond acceptors (Lipinski definition) is 8. The molecule has 0 saturated carbocycles. The Morgan fingerprint density at radius 1 is 0.642 bits per heavy atom. The minimum Gasteiger partial charge on any atom is -0.491 e. The third-order valence-corrected chi connectivity index (χ3v) is 15.1. The molecular weight excluding hydrogens is 980 g/mol. The van der Waals surface area contributed by atoms with Gasteiger partial charge in [0, 0.05) is 35.1 Å². The first kappa shape index (κ1) is 40.0. The molecule has 0 aliphatic heterocycles. The summed E-state index contributed by atoms with van der Waals surface area (Å²) >= 11 is 13.9. The zero-order valence-corrected chi connectivity index (χ0v) is 37.3. The third-order valence-electron chi connectivity index (χ3n) is 9.27. The van der Waals surface area contributed by atoms with Crippen molar-refractivity contribution in [3.8, 4) is 11.5 Å². The van der Waals surface area contributed by atoms with Crippen LogP contribution in [0.1, 0.15) is 12.0 Å². The first-order valence-corrected chi connectivity index (χ1v) is 22.3. The molecule has 0 N–H and O–H groups in total. The van der Waals surface area contributed by atoms with E-state index in [4.69, 9.17) is 9.47 Å². The SMILES string of the molecule is Cc1ccc(S(=O)(=O)n2cc(OCC(CCOc3cn(S(=O)(=O)c4ccc(Br)cc4)c4ccc(Br)cc34)(N(C)C)N(C)C)c3cc(Br)ccc32)c(Br)c1. The molecule has 10 nitrogen and oxygen atoms in total. The van der Waals surface area contributed by atoms with Gasteiger partial charge < -0.3 is 9.47 Å². The summed E-state index contributed by atoms with van der Waals surface area (Å²) < 4.78 is 73.9. The molecule has 0 spiro atoms. The second kappa shape index (κ2) is 15.4. The molecule has 4 aromatic carbocycles. The Balaban J connectivity index is 1.31. The Kier molecular flexibility index (Phi) is 11.6. The summed E-state index contributed by atoms with van der Waals surface area (Å²) in [6.45, 7) is 2.24. The first-order chi connectivity index (χ1) is 25.0. The number of aromatic nitrogens is 2. The fourth-order valence-electron chi connectivity index (χ4n) is 6.25. The zero-order valence-electron chi connectivity index (χ0n) is 29.3. The number of halogens is 4. The molecule has 6 rings (SSSR count). The molecule has 0 amide bonds. The van der Waals surface area contributed by atoms with Crippen molar-refractivity contribution in [1.29, 1.82) is 0 Å². The van der Waals surface area contributed by atoms with Crippen LogP contribution in [0, 0.1) is 6.92 Å². The Labute approximate surface area is 343 Å². The van der Waals surface area contributed by atoms with Crippen LogP contribution in [0.3, 0.4) is 0 Å². The van der Waals surface area contributed by atoms with Crippen LogP contribution >= 0.6 is 63.7 Å². The molecule has 0 bridgehead atoms. The summed E-state index contributed by atoms with van der Waals surface area (Å²) in [5.74, 6) is 0.808. The molecule has 16 heteroatoms. The second-order valence-corrected chi connectivity index (χ2v) is 20.2. The van der Waals surface area contributed by atoms with Crippen LogP contribution in [0.25, 0.3) is 21.8 Å². The molecule has 53 heavy (non-hydrogen) atoms. The molecule has 6 aromatic rings. The summed E-state index contributed by atoms with van der Waals surface area (Å²) in [7, 11) is -0.171. The Hall–Kier alpha value is -2.70. The molecule has 2 heterocycles. The van der Waals surface area contributed by atoms with Gasteiger partial charge in [-0.15, -0.1) is 0 Å². The van der Waals surface area contributed by atoms with Crippen molar-refractivity contribution in [2.75, 3.05) is 41.4 Å². The summed E-state index contributed by atoms with van der Waals surface area (Å²) in [5.41, 5.74) is 1.15. The van der Waals surface area contributed by atoms with E-state index in [9.17, 15) is 16.8 Å². The molecular formula is C37H36Br4N4O6S2. The van der Waals surface area contributed by atoms with E-state index in [0.717, 1.165) is 19.0 Å². The maximum absolute atomic E-state index is 14.0. The van der Waals surface area contributed by atoms with Gasteiger partial charge in [0.15, 0.2) is 0 Å². The highest BCUT2D eigenvalue weighted by molar-refractivity contribution is 9.11. The van der Waals surface area contributed by atoms with Crippen LogP contribution in [0.2, 0.25) is 0 Å². The highest BCUT2D eigenvalue weighted by Gasteiger charge is 2.37. The van der Waals surface area contributed by atoms with Crippen molar-refractivity contribution in [2.45, 2.75) is 28.8 Å². The first-order valence-electron chi connectivity index (χ1n) is 16.2. The maximum atomic E-state index is 14.0. The largest absolute Gasteiger partial charge is 0.491 e. The molecule has 0 unspecified atom stereocenters. The van der Waals surface area contributed by atoms with Crippen molar-refractivity contribution in [3.63, 3.8) is 0 Å². The number of rotatable bonds is 13. The van der Waals surface area contributed by atoms with Crippen LogP contribution in [-0.2, 0) is 20.0 Å². The molecule has 0 fully saturated rings. The predicted octanol–water partition coefficient (Wildman–Crippen LogP) is 9.10. The van der Waals surface area contributed by atoms with Crippen molar-refractivity contribution >= 4 is 106 Å². The van der Waals surface area contributed by atoms with Crippen LogP contribution in [0.5, 0.6) is 11.5 Å². The van der Waals surface area contributed by atoms with E-state index in [2.05, 4.69) is 63.7 Å². The van der Waals surface area contributed by atoms with Crippen molar-refractivity contribution in [2.24, 2.45) is 0 Å². The number of fused-ring (bicyclic) bond motifs is 2. The van der Waals surface area contributed by atoms with E-state index in [1.807, 2.05) is 57.0 Å². The Morgan fingerprint density at radius 2 is 1.15 bits per heavy atom. The lowest BCUT2D eigenvalue weighted by molar-refractivity contribution is -0.0480. The number of ether oxygens (including phenoxy) is 2.